The Morgan fingerprint density at radius 2 is 1.61 bits per heavy atom. The Kier molecular flexibility index (Phi) is 4.94. The van der Waals surface area contributed by atoms with Gasteiger partial charge in [0.05, 0.1) is 23.7 Å². The van der Waals surface area contributed by atoms with Crippen LogP contribution in [0, 0.1) is 5.82 Å². The van der Waals surface area contributed by atoms with E-state index in [0.717, 1.165) is 0 Å². The van der Waals surface area contributed by atoms with Crippen molar-refractivity contribution in [3.8, 4) is 11.3 Å². The van der Waals surface area contributed by atoms with Gasteiger partial charge in [0, 0.05) is 16.0 Å². The summed E-state index contributed by atoms with van der Waals surface area (Å²) in [5.41, 5.74) is 1.58. The number of aromatic nitrogens is 2. The number of halogens is 2. The molecule has 28 heavy (non-hydrogen) atoms. The highest BCUT2D eigenvalue weighted by atomic mass is 35.5. The standard InChI is InChI=1S/C22H16ClFN2O2/c23-16-9-5-14(6-10-16)20(27)13-26-22(28)19-4-2-1-3-18(19)21(25-26)15-7-11-17(24)12-8-15/h1-12,20,27H,13H2/t20-/m0/s1. The molecular weight excluding hydrogens is 379 g/mol. The molecule has 140 valence electrons. The molecule has 4 rings (SSSR count). The van der Waals surface area contributed by atoms with Crippen LogP contribution in [0.4, 0.5) is 4.39 Å². The van der Waals surface area contributed by atoms with Gasteiger partial charge in [0.1, 0.15) is 5.82 Å². The Balaban J connectivity index is 1.82. The molecule has 1 heterocycles. The number of aliphatic hydroxyl groups excluding tert-OH is 1. The van der Waals surface area contributed by atoms with Gasteiger partial charge in [-0.3, -0.25) is 4.79 Å². The predicted octanol–water partition coefficient (Wildman–Crippen LogP) is 4.59. The van der Waals surface area contributed by atoms with Crippen LogP contribution in [-0.4, -0.2) is 14.9 Å². The summed E-state index contributed by atoms with van der Waals surface area (Å²) in [5.74, 6) is -0.348. The van der Waals surface area contributed by atoms with Crippen LogP contribution in [0.15, 0.2) is 77.6 Å². The lowest BCUT2D eigenvalue weighted by atomic mass is 10.0. The second-order valence-corrected chi connectivity index (χ2v) is 6.89. The van der Waals surface area contributed by atoms with E-state index in [2.05, 4.69) is 5.10 Å². The number of nitrogens with zero attached hydrogens (tertiary/aromatic N) is 2. The number of benzene rings is 3. The molecule has 1 N–H and O–H groups in total. The van der Waals surface area contributed by atoms with E-state index in [1.165, 1.54) is 16.8 Å². The summed E-state index contributed by atoms with van der Waals surface area (Å²) in [6, 6.07) is 19.8. The summed E-state index contributed by atoms with van der Waals surface area (Å²) in [5, 5.41) is 16.8. The molecule has 0 saturated heterocycles. The molecule has 0 amide bonds. The van der Waals surface area contributed by atoms with Gasteiger partial charge in [0.25, 0.3) is 5.56 Å². The third-order valence-electron chi connectivity index (χ3n) is 4.59. The van der Waals surface area contributed by atoms with Crippen molar-refractivity contribution in [3.05, 3.63) is 99.6 Å². The molecular formula is C22H16ClFN2O2. The average molecular weight is 395 g/mol. The van der Waals surface area contributed by atoms with E-state index < -0.39 is 6.10 Å². The van der Waals surface area contributed by atoms with Gasteiger partial charge in [-0.1, -0.05) is 41.9 Å². The second kappa shape index (κ2) is 7.54. The summed E-state index contributed by atoms with van der Waals surface area (Å²) in [6.07, 6.45) is -0.926. The van der Waals surface area contributed by atoms with Crippen LogP contribution in [0.1, 0.15) is 11.7 Å². The highest BCUT2D eigenvalue weighted by molar-refractivity contribution is 6.30. The zero-order chi connectivity index (χ0) is 19.7. The molecule has 0 bridgehead atoms. The fourth-order valence-corrected chi connectivity index (χ4v) is 3.26. The van der Waals surface area contributed by atoms with Crippen molar-refractivity contribution in [2.24, 2.45) is 0 Å². The second-order valence-electron chi connectivity index (χ2n) is 6.46. The van der Waals surface area contributed by atoms with E-state index in [1.807, 2.05) is 12.1 Å². The van der Waals surface area contributed by atoms with Crippen molar-refractivity contribution in [2.45, 2.75) is 12.6 Å². The largest absolute Gasteiger partial charge is 0.386 e. The number of hydrogen-bond acceptors (Lipinski definition) is 3. The van der Waals surface area contributed by atoms with Gasteiger partial charge in [0.2, 0.25) is 0 Å². The minimum atomic E-state index is -0.926. The van der Waals surface area contributed by atoms with Crippen LogP contribution in [0.5, 0.6) is 0 Å². The first-order chi connectivity index (χ1) is 13.5. The lowest BCUT2D eigenvalue weighted by molar-refractivity contribution is 0.150. The van der Waals surface area contributed by atoms with Gasteiger partial charge in [0.15, 0.2) is 0 Å². The van der Waals surface area contributed by atoms with E-state index in [9.17, 15) is 14.3 Å². The van der Waals surface area contributed by atoms with Crippen molar-refractivity contribution in [1.82, 2.24) is 9.78 Å². The fourth-order valence-electron chi connectivity index (χ4n) is 3.13. The molecule has 0 spiro atoms. The third kappa shape index (κ3) is 3.54. The molecule has 0 fully saturated rings. The maximum atomic E-state index is 13.3. The molecule has 6 heteroatoms. The average Bonchev–Trinajstić information content (AvgIpc) is 2.71. The number of fused-ring (bicyclic) bond motifs is 1. The van der Waals surface area contributed by atoms with Crippen molar-refractivity contribution in [2.75, 3.05) is 0 Å². The van der Waals surface area contributed by atoms with Gasteiger partial charge >= 0.3 is 0 Å². The predicted molar refractivity (Wildman–Crippen MR) is 108 cm³/mol. The zero-order valence-electron chi connectivity index (χ0n) is 14.7. The minimum Gasteiger partial charge on any atom is -0.386 e. The number of aliphatic hydroxyl groups is 1. The number of rotatable bonds is 4. The van der Waals surface area contributed by atoms with E-state index in [0.29, 0.717) is 32.6 Å². The molecule has 1 atom stereocenters. The zero-order valence-corrected chi connectivity index (χ0v) is 15.5. The van der Waals surface area contributed by atoms with Crippen LogP contribution >= 0.6 is 11.6 Å². The minimum absolute atomic E-state index is 0.0144. The Morgan fingerprint density at radius 3 is 2.29 bits per heavy atom. The lowest BCUT2D eigenvalue weighted by Gasteiger charge is -2.15. The Bertz CT molecular complexity index is 1190. The summed E-state index contributed by atoms with van der Waals surface area (Å²) in [4.78, 5) is 12.9. The van der Waals surface area contributed by atoms with E-state index in [4.69, 9.17) is 11.6 Å². The Hall–Kier alpha value is -3.02. The monoisotopic (exact) mass is 394 g/mol. The van der Waals surface area contributed by atoms with E-state index in [-0.39, 0.29) is 17.9 Å². The lowest BCUT2D eigenvalue weighted by Crippen LogP contribution is -2.26. The van der Waals surface area contributed by atoms with Gasteiger partial charge in [-0.05, 0) is 48.0 Å². The molecule has 1 aromatic heterocycles. The van der Waals surface area contributed by atoms with E-state index >= 15 is 0 Å². The van der Waals surface area contributed by atoms with Gasteiger partial charge < -0.3 is 5.11 Å². The highest BCUT2D eigenvalue weighted by Crippen LogP contribution is 2.25. The molecule has 0 unspecified atom stereocenters. The Labute approximate surface area is 165 Å². The molecule has 0 aliphatic heterocycles. The van der Waals surface area contributed by atoms with Crippen LogP contribution in [0.3, 0.4) is 0 Å². The first-order valence-corrected chi connectivity index (χ1v) is 9.10. The van der Waals surface area contributed by atoms with Gasteiger partial charge in [-0.2, -0.15) is 5.10 Å². The summed E-state index contributed by atoms with van der Waals surface area (Å²) in [7, 11) is 0. The van der Waals surface area contributed by atoms with Crippen LogP contribution in [0.2, 0.25) is 5.02 Å². The van der Waals surface area contributed by atoms with Crippen molar-refractivity contribution >= 4 is 22.4 Å². The maximum absolute atomic E-state index is 13.3. The van der Waals surface area contributed by atoms with Crippen molar-refractivity contribution < 1.29 is 9.50 Å². The van der Waals surface area contributed by atoms with Crippen molar-refractivity contribution in [1.29, 1.82) is 0 Å². The topological polar surface area (TPSA) is 55.1 Å². The SMILES string of the molecule is O=c1c2ccccc2c(-c2ccc(F)cc2)nn1C[C@H](O)c1ccc(Cl)cc1. The highest BCUT2D eigenvalue weighted by Gasteiger charge is 2.15. The number of hydrogen-bond donors (Lipinski definition) is 1. The van der Waals surface area contributed by atoms with E-state index in [1.54, 1.807) is 48.5 Å². The normalized spacial score (nSPS) is 12.2. The molecule has 4 aromatic rings. The van der Waals surface area contributed by atoms with Crippen LogP contribution in [-0.2, 0) is 6.54 Å². The van der Waals surface area contributed by atoms with Crippen molar-refractivity contribution in [3.63, 3.8) is 0 Å². The molecule has 0 aliphatic rings. The molecule has 4 nitrogen and oxygen atoms in total. The van der Waals surface area contributed by atoms with Crippen LogP contribution < -0.4 is 5.56 Å². The van der Waals surface area contributed by atoms with Crippen LogP contribution in [0.25, 0.3) is 22.0 Å². The first-order valence-electron chi connectivity index (χ1n) is 8.72. The Morgan fingerprint density at radius 1 is 0.964 bits per heavy atom. The summed E-state index contributed by atoms with van der Waals surface area (Å²) >= 11 is 5.89. The summed E-state index contributed by atoms with van der Waals surface area (Å²) < 4.78 is 14.6. The third-order valence-corrected chi connectivity index (χ3v) is 4.84. The van der Waals surface area contributed by atoms with Gasteiger partial charge in [-0.15, -0.1) is 0 Å². The smallest absolute Gasteiger partial charge is 0.274 e. The molecule has 0 aliphatic carbocycles. The molecule has 3 aromatic carbocycles. The summed E-state index contributed by atoms with van der Waals surface area (Å²) in [6.45, 7) is -0.0144. The quantitative estimate of drug-likeness (QED) is 0.550. The first kappa shape index (κ1) is 18.3. The fraction of sp³-hybridized carbons (Fsp3) is 0.0909. The molecule has 0 saturated carbocycles. The molecule has 0 radical (unpaired) electrons. The van der Waals surface area contributed by atoms with Gasteiger partial charge in [-0.25, -0.2) is 9.07 Å². The maximum Gasteiger partial charge on any atom is 0.274 e.